The van der Waals surface area contributed by atoms with Gasteiger partial charge in [0.05, 0.1) is 24.3 Å². The summed E-state index contributed by atoms with van der Waals surface area (Å²) >= 11 is 6.06. The fourth-order valence-corrected chi connectivity index (χ4v) is 3.13. The van der Waals surface area contributed by atoms with Crippen molar-refractivity contribution >= 4 is 17.6 Å². The molecule has 1 aromatic heterocycles. The summed E-state index contributed by atoms with van der Waals surface area (Å²) in [5.41, 5.74) is 1.15. The quantitative estimate of drug-likeness (QED) is 0.412. The molecular formula is C18H31ClN4O2. The monoisotopic (exact) mass is 370 g/mol. The maximum Gasteiger partial charge on any atom is 0.194 e. The van der Waals surface area contributed by atoms with E-state index in [-0.39, 0.29) is 0 Å². The number of aromatic nitrogens is 1. The van der Waals surface area contributed by atoms with Gasteiger partial charge in [0, 0.05) is 52.3 Å². The summed E-state index contributed by atoms with van der Waals surface area (Å²) in [6, 6.07) is 1.99. The van der Waals surface area contributed by atoms with E-state index in [0.29, 0.717) is 12.7 Å². The Morgan fingerprint density at radius 1 is 1.56 bits per heavy atom. The van der Waals surface area contributed by atoms with Gasteiger partial charge in [0.15, 0.2) is 5.96 Å². The van der Waals surface area contributed by atoms with E-state index in [9.17, 15) is 0 Å². The minimum Gasteiger partial charge on any atom is -0.379 e. The van der Waals surface area contributed by atoms with E-state index in [1.807, 2.05) is 30.9 Å². The summed E-state index contributed by atoms with van der Waals surface area (Å²) in [4.78, 5) is 6.81. The van der Waals surface area contributed by atoms with Crippen LogP contribution in [-0.2, 0) is 23.1 Å². The molecule has 1 aromatic rings. The van der Waals surface area contributed by atoms with Crippen molar-refractivity contribution in [3.8, 4) is 0 Å². The molecule has 0 saturated carbocycles. The lowest BCUT2D eigenvalue weighted by molar-refractivity contribution is 0.0170. The zero-order chi connectivity index (χ0) is 18.1. The highest BCUT2D eigenvalue weighted by molar-refractivity contribution is 6.30. The zero-order valence-electron chi connectivity index (χ0n) is 15.6. The molecule has 1 aliphatic rings. The van der Waals surface area contributed by atoms with Crippen molar-refractivity contribution in [2.24, 2.45) is 12.0 Å². The van der Waals surface area contributed by atoms with E-state index < -0.39 is 0 Å². The topological polar surface area (TPSA) is 51.0 Å². The van der Waals surface area contributed by atoms with Gasteiger partial charge in [0.1, 0.15) is 0 Å². The van der Waals surface area contributed by atoms with Gasteiger partial charge in [-0.3, -0.25) is 4.99 Å². The summed E-state index contributed by atoms with van der Waals surface area (Å²) in [7, 11) is 4.04. The highest BCUT2D eigenvalue weighted by atomic mass is 35.5. The summed E-state index contributed by atoms with van der Waals surface area (Å²) in [6.07, 6.45) is 5.40. The molecule has 1 aliphatic heterocycles. The van der Waals surface area contributed by atoms with Crippen LogP contribution < -0.4 is 5.32 Å². The van der Waals surface area contributed by atoms with Gasteiger partial charge in [-0.1, -0.05) is 11.6 Å². The molecule has 1 unspecified atom stereocenters. The van der Waals surface area contributed by atoms with Crippen LogP contribution in [0.1, 0.15) is 31.9 Å². The van der Waals surface area contributed by atoms with E-state index in [2.05, 4.69) is 17.1 Å². The molecule has 2 rings (SSSR count). The minimum absolute atomic E-state index is 0.295. The largest absolute Gasteiger partial charge is 0.379 e. The lowest BCUT2D eigenvalue weighted by Gasteiger charge is -2.22. The van der Waals surface area contributed by atoms with Crippen LogP contribution in [-0.4, -0.2) is 61.5 Å². The number of nitrogens with one attached hydrogen (secondary N) is 1. The van der Waals surface area contributed by atoms with Crippen LogP contribution in [0.15, 0.2) is 17.3 Å². The summed E-state index contributed by atoms with van der Waals surface area (Å²) < 4.78 is 13.3. The Morgan fingerprint density at radius 2 is 2.40 bits per heavy atom. The maximum absolute atomic E-state index is 6.06. The number of guanidine groups is 1. The van der Waals surface area contributed by atoms with Crippen LogP contribution in [0.3, 0.4) is 0 Å². The lowest BCUT2D eigenvalue weighted by Crippen LogP contribution is -2.39. The first-order valence-corrected chi connectivity index (χ1v) is 9.47. The van der Waals surface area contributed by atoms with Crippen molar-refractivity contribution in [1.82, 2.24) is 14.8 Å². The van der Waals surface area contributed by atoms with E-state index in [4.69, 9.17) is 26.1 Å². The number of aliphatic imine (C=N–C) groups is 1. The molecule has 2 heterocycles. The number of aryl methyl sites for hydroxylation is 1. The van der Waals surface area contributed by atoms with Crippen molar-refractivity contribution < 1.29 is 9.47 Å². The predicted molar refractivity (Wildman–Crippen MR) is 102 cm³/mol. The Morgan fingerprint density at radius 3 is 3.04 bits per heavy atom. The number of nitrogens with zero attached hydrogens (tertiary/aromatic N) is 3. The van der Waals surface area contributed by atoms with Gasteiger partial charge in [-0.15, -0.1) is 0 Å². The first-order chi connectivity index (χ1) is 12.1. The first kappa shape index (κ1) is 20.1. The Balaban J connectivity index is 1.73. The molecule has 25 heavy (non-hydrogen) atoms. The number of hydrogen-bond acceptors (Lipinski definition) is 3. The number of halogens is 1. The fraction of sp³-hybridized carbons (Fsp3) is 0.722. The second kappa shape index (κ2) is 10.7. The Kier molecular flexibility index (Phi) is 8.58. The number of hydrogen-bond donors (Lipinski definition) is 1. The molecule has 0 amide bonds. The van der Waals surface area contributed by atoms with Crippen LogP contribution in [0.2, 0.25) is 5.02 Å². The molecule has 1 N–H and O–H groups in total. The first-order valence-electron chi connectivity index (χ1n) is 9.09. The van der Waals surface area contributed by atoms with Crippen LogP contribution >= 0.6 is 11.6 Å². The van der Waals surface area contributed by atoms with Crippen LogP contribution in [0.5, 0.6) is 0 Å². The molecule has 0 aliphatic carbocycles. The third-order valence-electron chi connectivity index (χ3n) is 4.21. The highest BCUT2D eigenvalue weighted by Gasteiger charge is 2.15. The van der Waals surface area contributed by atoms with Crippen LogP contribution in [0.25, 0.3) is 0 Å². The molecule has 0 radical (unpaired) electrons. The standard InChI is InChI=1S/C18H31ClN4O2/c1-4-20-18(23(3)13-16-11-15(19)12-22(16)2)21-8-6-9-24-14-17-7-5-10-25-17/h11-12,17H,4-10,13-14H2,1-3H3,(H,20,21). The molecule has 1 saturated heterocycles. The molecule has 7 heteroatoms. The minimum atomic E-state index is 0.295. The van der Waals surface area contributed by atoms with Crippen LogP contribution in [0, 0.1) is 0 Å². The Labute approximate surface area is 156 Å². The SMILES string of the molecule is CCNC(=NCCCOCC1CCCO1)N(C)Cc1cc(Cl)cn1C. The highest BCUT2D eigenvalue weighted by Crippen LogP contribution is 2.14. The van der Waals surface area contributed by atoms with Gasteiger partial charge < -0.3 is 24.3 Å². The smallest absolute Gasteiger partial charge is 0.194 e. The van der Waals surface area contributed by atoms with Gasteiger partial charge in [-0.2, -0.15) is 0 Å². The Bertz CT molecular complexity index is 541. The van der Waals surface area contributed by atoms with Gasteiger partial charge in [0.2, 0.25) is 0 Å². The Hall–Kier alpha value is -1.24. The molecule has 6 nitrogen and oxygen atoms in total. The second-order valence-electron chi connectivity index (χ2n) is 6.42. The van der Waals surface area contributed by atoms with E-state index >= 15 is 0 Å². The maximum atomic E-state index is 6.06. The average Bonchev–Trinajstić information content (AvgIpc) is 3.19. The second-order valence-corrected chi connectivity index (χ2v) is 6.85. The number of ether oxygens (including phenoxy) is 2. The van der Waals surface area contributed by atoms with Crippen molar-refractivity contribution in [2.75, 3.05) is 40.0 Å². The molecule has 0 spiro atoms. The molecule has 0 aromatic carbocycles. The normalized spacial score (nSPS) is 17.9. The fourth-order valence-electron chi connectivity index (χ4n) is 2.85. The van der Waals surface area contributed by atoms with E-state index in [1.54, 1.807) is 0 Å². The molecule has 1 fully saturated rings. The summed E-state index contributed by atoms with van der Waals surface area (Å²) in [6.45, 7) is 6.72. The summed E-state index contributed by atoms with van der Waals surface area (Å²) in [5, 5.41) is 4.10. The zero-order valence-corrected chi connectivity index (χ0v) is 16.4. The summed E-state index contributed by atoms with van der Waals surface area (Å²) in [5.74, 6) is 0.902. The van der Waals surface area contributed by atoms with Crippen LogP contribution in [0.4, 0.5) is 0 Å². The third-order valence-corrected chi connectivity index (χ3v) is 4.41. The van der Waals surface area contributed by atoms with E-state index in [1.165, 1.54) is 0 Å². The molecule has 0 bridgehead atoms. The van der Waals surface area contributed by atoms with Crippen molar-refractivity contribution in [2.45, 2.75) is 38.8 Å². The van der Waals surface area contributed by atoms with Gasteiger partial charge >= 0.3 is 0 Å². The number of rotatable bonds is 9. The van der Waals surface area contributed by atoms with Crippen molar-refractivity contribution in [1.29, 1.82) is 0 Å². The predicted octanol–water partition coefficient (Wildman–Crippen LogP) is 2.66. The van der Waals surface area contributed by atoms with Gasteiger partial charge in [-0.25, -0.2) is 0 Å². The average molecular weight is 371 g/mol. The van der Waals surface area contributed by atoms with Gasteiger partial charge in [0.25, 0.3) is 0 Å². The van der Waals surface area contributed by atoms with Crippen molar-refractivity contribution in [3.05, 3.63) is 23.0 Å². The third kappa shape index (κ3) is 6.88. The lowest BCUT2D eigenvalue weighted by atomic mass is 10.2. The van der Waals surface area contributed by atoms with Gasteiger partial charge in [-0.05, 0) is 32.3 Å². The van der Waals surface area contributed by atoms with E-state index in [0.717, 1.165) is 68.8 Å². The molecule has 1 atom stereocenters. The molecular weight excluding hydrogens is 340 g/mol. The molecule has 142 valence electrons. The van der Waals surface area contributed by atoms with Crippen molar-refractivity contribution in [3.63, 3.8) is 0 Å².